The molecule has 0 unspecified atom stereocenters. The minimum absolute atomic E-state index is 0.0428. The van der Waals surface area contributed by atoms with E-state index in [2.05, 4.69) is 0 Å². The van der Waals surface area contributed by atoms with Crippen LogP contribution in [0.2, 0.25) is 0 Å². The number of hydrogen-bond acceptors (Lipinski definition) is 7. The van der Waals surface area contributed by atoms with Gasteiger partial charge in [-0.3, -0.25) is 9.59 Å². The summed E-state index contributed by atoms with van der Waals surface area (Å²) in [5, 5.41) is 30.1. The number of phenols is 2. The molecule has 28 heavy (non-hydrogen) atoms. The lowest BCUT2D eigenvalue weighted by Crippen LogP contribution is -2.26. The fourth-order valence-corrected chi connectivity index (χ4v) is 2.82. The second-order valence-electron chi connectivity index (χ2n) is 6.70. The lowest BCUT2D eigenvalue weighted by Gasteiger charge is -2.17. The highest BCUT2D eigenvalue weighted by Crippen LogP contribution is 2.31. The van der Waals surface area contributed by atoms with Gasteiger partial charge in [-0.2, -0.15) is 0 Å². The Bertz CT molecular complexity index is 829. The summed E-state index contributed by atoms with van der Waals surface area (Å²) >= 11 is 0. The van der Waals surface area contributed by atoms with Crippen molar-refractivity contribution in [3.8, 4) is 23.0 Å². The van der Waals surface area contributed by atoms with E-state index in [0.29, 0.717) is 11.1 Å². The number of hydrogen-bond donors (Lipinski definition) is 3. The molecule has 0 aliphatic carbocycles. The maximum atomic E-state index is 11.7. The smallest absolute Gasteiger partial charge is 0.167 e. The molecule has 0 aromatic heterocycles. The number of phenolic OH excluding ortho intramolecular Hbond substituents is 2. The first kappa shape index (κ1) is 21.2. The number of aliphatic hydroxyl groups is 1. The average Bonchev–Trinajstić information content (AvgIpc) is 2.55. The number of carbonyl (C=O) groups is 2. The van der Waals surface area contributed by atoms with E-state index in [1.165, 1.54) is 26.0 Å². The summed E-state index contributed by atoms with van der Waals surface area (Å²) in [6, 6.07) is 6.10. The van der Waals surface area contributed by atoms with Crippen LogP contribution in [0.1, 0.15) is 45.7 Å². The molecular weight excluding hydrogens is 364 g/mol. The summed E-state index contributed by atoms with van der Waals surface area (Å²) in [7, 11) is 0. The van der Waals surface area contributed by atoms with Crippen LogP contribution in [0.4, 0.5) is 0 Å². The SMILES string of the molecule is CC(=O)c1c(O)cc(C)cc1OCC(O)COc1cc(C)cc(O)c1C(C)=O. The van der Waals surface area contributed by atoms with Crippen LogP contribution in [-0.2, 0) is 0 Å². The van der Waals surface area contributed by atoms with E-state index in [4.69, 9.17) is 9.47 Å². The zero-order valence-corrected chi connectivity index (χ0v) is 16.3. The summed E-state index contributed by atoms with van der Waals surface area (Å²) in [6.07, 6.45) is -1.08. The lowest BCUT2D eigenvalue weighted by molar-refractivity contribution is 0.0612. The molecule has 2 aromatic carbocycles. The maximum Gasteiger partial charge on any atom is 0.167 e. The van der Waals surface area contributed by atoms with Gasteiger partial charge < -0.3 is 24.8 Å². The van der Waals surface area contributed by atoms with Gasteiger partial charge in [0.25, 0.3) is 0 Å². The van der Waals surface area contributed by atoms with Gasteiger partial charge in [-0.25, -0.2) is 0 Å². The molecule has 7 heteroatoms. The van der Waals surface area contributed by atoms with Crippen molar-refractivity contribution in [2.75, 3.05) is 13.2 Å². The van der Waals surface area contributed by atoms with Crippen molar-refractivity contribution in [2.24, 2.45) is 0 Å². The Balaban J connectivity index is 2.08. The van der Waals surface area contributed by atoms with Crippen molar-refractivity contribution < 1.29 is 34.4 Å². The van der Waals surface area contributed by atoms with Gasteiger partial charge in [0.15, 0.2) is 11.6 Å². The van der Waals surface area contributed by atoms with Gasteiger partial charge >= 0.3 is 0 Å². The van der Waals surface area contributed by atoms with Gasteiger partial charge in [0.05, 0.1) is 0 Å². The van der Waals surface area contributed by atoms with Crippen LogP contribution in [0.5, 0.6) is 23.0 Å². The maximum absolute atomic E-state index is 11.7. The van der Waals surface area contributed by atoms with Crippen molar-refractivity contribution in [2.45, 2.75) is 33.8 Å². The third-order valence-electron chi connectivity index (χ3n) is 4.02. The Morgan fingerprint density at radius 1 is 0.821 bits per heavy atom. The summed E-state index contributed by atoms with van der Waals surface area (Å²) in [5.74, 6) is -0.758. The molecule has 2 rings (SSSR count). The largest absolute Gasteiger partial charge is 0.507 e. The number of carbonyl (C=O) groups excluding carboxylic acids is 2. The third-order valence-corrected chi connectivity index (χ3v) is 4.02. The first-order chi connectivity index (χ1) is 13.1. The Morgan fingerprint density at radius 2 is 1.18 bits per heavy atom. The minimum Gasteiger partial charge on any atom is -0.507 e. The topological polar surface area (TPSA) is 113 Å². The van der Waals surface area contributed by atoms with Crippen LogP contribution in [-0.4, -0.2) is 46.2 Å². The fourth-order valence-electron chi connectivity index (χ4n) is 2.82. The molecule has 3 N–H and O–H groups in total. The predicted molar refractivity (Wildman–Crippen MR) is 103 cm³/mol. The second-order valence-corrected chi connectivity index (χ2v) is 6.70. The monoisotopic (exact) mass is 388 g/mol. The number of Topliss-reactive ketones (excluding diaryl/α,β-unsaturated/α-hetero) is 2. The van der Waals surface area contributed by atoms with Gasteiger partial charge in [0.1, 0.15) is 53.4 Å². The van der Waals surface area contributed by atoms with Crippen molar-refractivity contribution in [3.63, 3.8) is 0 Å². The number of rotatable bonds is 8. The Morgan fingerprint density at radius 3 is 1.50 bits per heavy atom. The predicted octanol–water partition coefficient (Wildman–Crippen LogP) is 2.94. The molecule has 0 amide bonds. The molecule has 150 valence electrons. The van der Waals surface area contributed by atoms with Gasteiger partial charge in [0, 0.05) is 0 Å². The molecule has 0 atom stereocenters. The Hall–Kier alpha value is -3.06. The van der Waals surface area contributed by atoms with E-state index >= 15 is 0 Å². The normalized spacial score (nSPS) is 10.8. The minimum atomic E-state index is -1.08. The number of aliphatic hydroxyl groups excluding tert-OH is 1. The van der Waals surface area contributed by atoms with Gasteiger partial charge in [0.2, 0.25) is 0 Å². The Kier molecular flexibility index (Phi) is 6.64. The van der Waals surface area contributed by atoms with Crippen LogP contribution < -0.4 is 9.47 Å². The van der Waals surface area contributed by atoms with Crippen LogP contribution in [0.25, 0.3) is 0 Å². The van der Waals surface area contributed by atoms with Crippen LogP contribution in [0.3, 0.4) is 0 Å². The van der Waals surface area contributed by atoms with E-state index in [1.807, 2.05) is 0 Å². The van der Waals surface area contributed by atoms with Crippen molar-refractivity contribution in [3.05, 3.63) is 46.5 Å². The first-order valence-electron chi connectivity index (χ1n) is 8.73. The van der Waals surface area contributed by atoms with Gasteiger partial charge in [-0.15, -0.1) is 0 Å². The molecule has 2 aromatic rings. The lowest BCUT2D eigenvalue weighted by atomic mass is 10.1. The number of ketones is 2. The van der Waals surface area contributed by atoms with Crippen LogP contribution in [0.15, 0.2) is 24.3 Å². The van der Waals surface area contributed by atoms with Gasteiger partial charge in [-0.1, -0.05) is 0 Å². The number of aromatic hydroxyl groups is 2. The molecule has 0 aliphatic rings. The van der Waals surface area contributed by atoms with E-state index in [9.17, 15) is 24.9 Å². The number of benzene rings is 2. The molecule has 0 saturated carbocycles. The standard InChI is InChI=1S/C21H24O7/c1-11-5-16(25)20(13(3)22)18(7-11)27-9-15(24)10-28-19-8-12(2)6-17(26)21(19)14(4)23/h5-8,15,24-26H,9-10H2,1-4H3. The van der Waals surface area contributed by atoms with Crippen molar-refractivity contribution >= 4 is 11.6 Å². The molecule has 0 spiro atoms. The van der Waals surface area contributed by atoms with E-state index in [-0.39, 0.29) is 58.9 Å². The molecule has 0 heterocycles. The third kappa shape index (κ3) is 5.01. The highest BCUT2D eigenvalue weighted by atomic mass is 16.5. The number of aryl methyl sites for hydroxylation is 2. The summed E-state index contributed by atoms with van der Waals surface area (Å²) < 4.78 is 11.0. The zero-order valence-electron chi connectivity index (χ0n) is 16.3. The summed E-state index contributed by atoms with van der Waals surface area (Å²) in [4.78, 5) is 23.5. The van der Waals surface area contributed by atoms with Crippen LogP contribution in [0, 0.1) is 13.8 Å². The molecule has 7 nitrogen and oxygen atoms in total. The summed E-state index contributed by atoms with van der Waals surface area (Å²) in [5.41, 5.74) is 1.48. The molecule has 0 radical (unpaired) electrons. The molecular formula is C21H24O7. The molecule has 0 bridgehead atoms. The highest BCUT2D eigenvalue weighted by Gasteiger charge is 2.19. The van der Waals surface area contributed by atoms with E-state index in [0.717, 1.165) is 0 Å². The van der Waals surface area contributed by atoms with Crippen molar-refractivity contribution in [1.82, 2.24) is 0 Å². The zero-order chi connectivity index (χ0) is 21.0. The first-order valence-corrected chi connectivity index (χ1v) is 8.73. The highest BCUT2D eigenvalue weighted by molar-refractivity contribution is 6.00. The van der Waals surface area contributed by atoms with Gasteiger partial charge in [-0.05, 0) is 63.1 Å². The Labute approximate surface area is 163 Å². The van der Waals surface area contributed by atoms with E-state index in [1.54, 1.807) is 26.0 Å². The quantitative estimate of drug-likeness (QED) is 0.596. The molecule has 0 aliphatic heterocycles. The molecule has 0 fully saturated rings. The average molecular weight is 388 g/mol. The van der Waals surface area contributed by atoms with Crippen molar-refractivity contribution in [1.29, 1.82) is 0 Å². The summed E-state index contributed by atoms with van der Waals surface area (Å²) in [6.45, 7) is 5.70. The van der Waals surface area contributed by atoms with E-state index < -0.39 is 6.10 Å². The molecule has 0 saturated heterocycles. The fraction of sp³-hybridized carbons (Fsp3) is 0.333. The van der Waals surface area contributed by atoms with Crippen LogP contribution >= 0.6 is 0 Å². The second kappa shape index (κ2) is 8.75. The number of ether oxygens (including phenoxy) is 2.